The molecular weight excluding hydrogens is 483 g/mol. The highest BCUT2D eigenvalue weighted by atomic mass is 32.1. The molecule has 0 N–H and O–H groups in total. The average molecular weight is 501 g/mol. The molecule has 1 amide bonds. The minimum Gasteiger partial charge on any atom is -0.462 e. The molecule has 7 nitrogen and oxygen atoms in total. The van der Waals surface area contributed by atoms with Crippen molar-refractivity contribution in [3.8, 4) is 0 Å². The van der Waals surface area contributed by atoms with Crippen molar-refractivity contribution in [1.29, 1.82) is 0 Å². The van der Waals surface area contributed by atoms with Crippen LogP contribution in [0, 0.1) is 5.82 Å². The third kappa shape index (κ3) is 3.39. The standard InChI is InChI=1S/C27H17FN2O5S/c1-2-34-26(33)15-10-11-18-20(13-15)36-27(29-18)30-22(14-6-5-7-16(28)12-14)21-23(31)17-8-3-4-9-19(17)35-24(21)25(30)32/h3-13,22H,2H2,1H3/t22-/m0/s1. The molecule has 5 aromatic rings. The molecule has 0 unspecified atom stereocenters. The molecule has 0 spiro atoms. The molecule has 0 fully saturated rings. The van der Waals surface area contributed by atoms with Gasteiger partial charge >= 0.3 is 5.97 Å². The number of halogens is 1. The maximum Gasteiger partial charge on any atom is 0.338 e. The quantitative estimate of drug-likeness (QED) is 0.304. The summed E-state index contributed by atoms with van der Waals surface area (Å²) in [6, 6.07) is 16.4. The predicted molar refractivity (Wildman–Crippen MR) is 133 cm³/mol. The lowest BCUT2D eigenvalue weighted by atomic mass is 9.98. The third-order valence-electron chi connectivity index (χ3n) is 6.04. The van der Waals surface area contributed by atoms with Gasteiger partial charge in [0.15, 0.2) is 10.6 Å². The number of esters is 1. The highest BCUT2D eigenvalue weighted by molar-refractivity contribution is 7.22. The van der Waals surface area contributed by atoms with Gasteiger partial charge in [-0.1, -0.05) is 35.6 Å². The molecule has 6 rings (SSSR count). The zero-order valence-corrected chi connectivity index (χ0v) is 19.7. The fourth-order valence-corrected chi connectivity index (χ4v) is 5.50. The van der Waals surface area contributed by atoms with E-state index in [0.717, 1.165) is 0 Å². The Morgan fingerprint density at radius 3 is 2.75 bits per heavy atom. The Morgan fingerprint density at radius 1 is 1.11 bits per heavy atom. The van der Waals surface area contributed by atoms with E-state index in [1.807, 2.05) is 0 Å². The van der Waals surface area contributed by atoms with E-state index in [1.165, 1.54) is 34.4 Å². The third-order valence-corrected chi connectivity index (χ3v) is 7.05. The topological polar surface area (TPSA) is 89.7 Å². The fraction of sp³-hybridized carbons (Fsp3) is 0.111. The zero-order valence-electron chi connectivity index (χ0n) is 18.9. The van der Waals surface area contributed by atoms with Gasteiger partial charge in [0.2, 0.25) is 5.76 Å². The largest absolute Gasteiger partial charge is 0.462 e. The van der Waals surface area contributed by atoms with Crippen LogP contribution in [0.25, 0.3) is 21.2 Å². The molecule has 3 aromatic carbocycles. The number of benzene rings is 3. The van der Waals surface area contributed by atoms with Crippen molar-refractivity contribution in [2.45, 2.75) is 13.0 Å². The van der Waals surface area contributed by atoms with Crippen LogP contribution in [0.4, 0.5) is 9.52 Å². The number of hydrogen-bond donors (Lipinski definition) is 0. The number of anilines is 1. The number of carbonyl (C=O) groups excluding carboxylic acids is 2. The van der Waals surface area contributed by atoms with Gasteiger partial charge in [0.1, 0.15) is 11.4 Å². The molecule has 0 radical (unpaired) electrons. The van der Waals surface area contributed by atoms with Crippen molar-refractivity contribution in [2.75, 3.05) is 11.5 Å². The number of para-hydroxylation sites is 1. The van der Waals surface area contributed by atoms with Crippen LogP contribution in [0.2, 0.25) is 0 Å². The SMILES string of the molecule is CCOC(=O)c1ccc2nc(N3C(=O)c4oc5ccccc5c(=O)c4[C@@H]3c3cccc(F)c3)sc2c1. The highest BCUT2D eigenvalue weighted by Crippen LogP contribution is 2.43. The van der Waals surface area contributed by atoms with E-state index in [0.29, 0.717) is 31.9 Å². The summed E-state index contributed by atoms with van der Waals surface area (Å²) in [5.41, 5.74) is 1.40. The maximum atomic E-state index is 14.3. The van der Waals surface area contributed by atoms with Gasteiger partial charge < -0.3 is 9.15 Å². The second-order valence-corrected chi connectivity index (χ2v) is 9.21. The Hall–Kier alpha value is -4.37. The average Bonchev–Trinajstić information content (AvgIpc) is 3.42. The van der Waals surface area contributed by atoms with Gasteiger partial charge in [-0.25, -0.2) is 14.2 Å². The Bertz CT molecular complexity index is 1760. The van der Waals surface area contributed by atoms with Crippen molar-refractivity contribution >= 4 is 49.5 Å². The zero-order chi connectivity index (χ0) is 25.0. The summed E-state index contributed by atoms with van der Waals surface area (Å²) in [6.45, 7) is 1.97. The summed E-state index contributed by atoms with van der Waals surface area (Å²) >= 11 is 1.18. The van der Waals surface area contributed by atoms with E-state index < -0.39 is 23.7 Å². The number of amides is 1. The smallest absolute Gasteiger partial charge is 0.338 e. The van der Waals surface area contributed by atoms with E-state index in [9.17, 15) is 18.8 Å². The molecule has 0 saturated heterocycles. The van der Waals surface area contributed by atoms with E-state index in [-0.39, 0.29) is 28.9 Å². The molecule has 9 heteroatoms. The number of ether oxygens (including phenoxy) is 1. The Labute approximate surface area is 207 Å². The Kier molecular flexibility index (Phi) is 5.15. The minimum absolute atomic E-state index is 0.0978. The van der Waals surface area contributed by atoms with Gasteiger partial charge in [-0.15, -0.1) is 0 Å². The summed E-state index contributed by atoms with van der Waals surface area (Å²) in [6.07, 6.45) is 0. The number of carbonyl (C=O) groups is 2. The normalized spacial score (nSPS) is 15.0. The van der Waals surface area contributed by atoms with Gasteiger partial charge in [-0.3, -0.25) is 14.5 Å². The van der Waals surface area contributed by atoms with Gasteiger partial charge in [0.25, 0.3) is 5.91 Å². The molecule has 1 aliphatic rings. The molecule has 1 atom stereocenters. The van der Waals surface area contributed by atoms with Crippen LogP contribution in [0.15, 0.2) is 75.9 Å². The van der Waals surface area contributed by atoms with Crippen molar-refractivity contribution in [3.63, 3.8) is 0 Å². The number of thiazole rings is 1. The van der Waals surface area contributed by atoms with Gasteiger partial charge in [-0.05, 0) is 55.0 Å². The second-order valence-electron chi connectivity index (χ2n) is 8.20. The van der Waals surface area contributed by atoms with Crippen LogP contribution in [0.1, 0.15) is 45.0 Å². The lowest BCUT2D eigenvalue weighted by molar-refractivity contribution is 0.0526. The van der Waals surface area contributed by atoms with Crippen LogP contribution in [0.3, 0.4) is 0 Å². The number of nitrogens with zero attached hydrogens (tertiary/aromatic N) is 2. The highest BCUT2D eigenvalue weighted by Gasteiger charge is 2.45. The van der Waals surface area contributed by atoms with Crippen molar-refractivity contribution in [1.82, 2.24) is 4.98 Å². The summed E-state index contributed by atoms with van der Waals surface area (Å²) in [5, 5.41) is 0.621. The minimum atomic E-state index is -0.936. The van der Waals surface area contributed by atoms with Crippen LogP contribution >= 0.6 is 11.3 Å². The van der Waals surface area contributed by atoms with Crippen LogP contribution in [-0.2, 0) is 4.74 Å². The van der Waals surface area contributed by atoms with E-state index in [4.69, 9.17) is 9.15 Å². The second kappa shape index (κ2) is 8.39. The van der Waals surface area contributed by atoms with Gasteiger partial charge in [0, 0.05) is 0 Å². The van der Waals surface area contributed by atoms with E-state index >= 15 is 0 Å². The van der Waals surface area contributed by atoms with Gasteiger partial charge in [-0.2, -0.15) is 0 Å². The summed E-state index contributed by atoms with van der Waals surface area (Å²) in [4.78, 5) is 45.4. The molecule has 2 aromatic heterocycles. The first-order valence-corrected chi connectivity index (χ1v) is 12.0. The number of rotatable bonds is 4. The summed E-state index contributed by atoms with van der Waals surface area (Å²) in [5.74, 6) is -1.61. The summed E-state index contributed by atoms with van der Waals surface area (Å²) < 4.78 is 25.9. The van der Waals surface area contributed by atoms with Crippen molar-refractivity contribution in [2.24, 2.45) is 0 Å². The van der Waals surface area contributed by atoms with Crippen LogP contribution in [0.5, 0.6) is 0 Å². The molecule has 0 aliphatic carbocycles. The molecule has 36 heavy (non-hydrogen) atoms. The Balaban J connectivity index is 1.56. The fourth-order valence-electron chi connectivity index (χ4n) is 4.47. The maximum absolute atomic E-state index is 14.3. The molecule has 1 aliphatic heterocycles. The van der Waals surface area contributed by atoms with Crippen molar-refractivity contribution < 1.29 is 23.1 Å². The first-order chi connectivity index (χ1) is 17.5. The van der Waals surface area contributed by atoms with Gasteiger partial charge in [0.05, 0.1) is 39.4 Å². The molecule has 0 saturated carbocycles. The monoisotopic (exact) mass is 500 g/mol. The molecular formula is C27H17FN2O5S. The first kappa shape index (κ1) is 22.1. The number of fused-ring (bicyclic) bond motifs is 3. The van der Waals surface area contributed by atoms with Crippen LogP contribution < -0.4 is 10.3 Å². The summed E-state index contributed by atoms with van der Waals surface area (Å²) in [7, 11) is 0. The lowest BCUT2D eigenvalue weighted by Crippen LogP contribution is -2.29. The Morgan fingerprint density at radius 2 is 1.94 bits per heavy atom. The molecule has 0 bridgehead atoms. The molecule has 3 heterocycles. The lowest BCUT2D eigenvalue weighted by Gasteiger charge is -2.22. The van der Waals surface area contributed by atoms with Crippen LogP contribution in [-0.4, -0.2) is 23.5 Å². The number of aromatic nitrogens is 1. The van der Waals surface area contributed by atoms with Crippen molar-refractivity contribution in [3.05, 3.63) is 105 Å². The van der Waals surface area contributed by atoms with E-state index in [2.05, 4.69) is 4.98 Å². The number of hydrogen-bond acceptors (Lipinski definition) is 7. The predicted octanol–water partition coefficient (Wildman–Crippen LogP) is 5.47. The van der Waals surface area contributed by atoms with E-state index in [1.54, 1.807) is 55.5 Å². The molecule has 178 valence electrons. The first-order valence-electron chi connectivity index (χ1n) is 11.2.